The van der Waals surface area contributed by atoms with Gasteiger partial charge in [0.25, 0.3) is 0 Å². The average Bonchev–Trinajstić information content (AvgIpc) is 3.34. The van der Waals surface area contributed by atoms with Gasteiger partial charge < -0.3 is 10.2 Å². The van der Waals surface area contributed by atoms with Gasteiger partial charge in [-0.25, -0.2) is 0 Å². The molecule has 1 atom stereocenters. The van der Waals surface area contributed by atoms with Gasteiger partial charge in [-0.15, -0.1) is 0 Å². The number of carbonyl (C=O) groups is 2. The molecule has 3 fully saturated rings. The van der Waals surface area contributed by atoms with E-state index in [-0.39, 0.29) is 36.1 Å². The van der Waals surface area contributed by atoms with Crippen molar-refractivity contribution in [2.75, 3.05) is 13.1 Å². The van der Waals surface area contributed by atoms with Crippen molar-refractivity contribution in [3.8, 4) is 0 Å². The highest BCUT2D eigenvalue weighted by Gasteiger charge is 2.64. The minimum absolute atomic E-state index is 0.0425. The normalized spacial score (nSPS) is 26.7. The van der Waals surface area contributed by atoms with E-state index >= 15 is 0 Å². The zero-order valence-corrected chi connectivity index (χ0v) is 15.9. The van der Waals surface area contributed by atoms with E-state index in [1.54, 1.807) is 29.2 Å². The molecule has 4 nitrogen and oxygen atoms in total. The molecule has 2 aliphatic heterocycles. The third kappa shape index (κ3) is 3.40. The Balaban J connectivity index is 1.28. The van der Waals surface area contributed by atoms with E-state index in [9.17, 15) is 22.8 Å². The molecule has 7 heteroatoms. The fraction of sp³-hybridized carbons (Fsp3) is 0.619. The molecule has 28 heavy (non-hydrogen) atoms. The van der Waals surface area contributed by atoms with Gasteiger partial charge in [0.1, 0.15) is 0 Å². The van der Waals surface area contributed by atoms with Crippen molar-refractivity contribution in [2.45, 2.75) is 68.5 Å². The van der Waals surface area contributed by atoms with Gasteiger partial charge in [-0.2, -0.15) is 13.2 Å². The van der Waals surface area contributed by atoms with Crippen molar-refractivity contribution in [1.82, 2.24) is 10.2 Å². The van der Waals surface area contributed by atoms with E-state index < -0.39 is 11.6 Å². The molecule has 2 saturated heterocycles. The predicted molar refractivity (Wildman–Crippen MR) is 97.7 cm³/mol. The number of halogens is 3. The fourth-order valence-electron chi connectivity index (χ4n) is 4.41. The first-order valence-corrected chi connectivity index (χ1v) is 9.88. The first-order valence-electron chi connectivity index (χ1n) is 9.88. The monoisotopic (exact) mass is 394 g/mol. The van der Waals surface area contributed by atoms with Crippen LogP contribution in [0, 0.1) is 0 Å². The van der Waals surface area contributed by atoms with E-state index in [2.05, 4.69) is 5.32 Å². The maximum absolute atomic E-state index is 13.2. The zero-order chi connectivity index (χ0) is 20.2. The number of alkyl halides is 3. The molecule has 2 amide bonds. The van der Waals surface area contributed by atoms with E-state index in [1.165, 1.54) is 0 Å². The number of hydrogen-bond acceptors (Lipinski definition) is 2. The molecule has 1 aromatic carbocycles. The summed E-state index contributed by atoms with van der Waals surface area (Å²) in [6.45, 7) is 3.18. The van der Waals surface area contributed by atoms with Gasteiger partial charge in [0.2, 0.25) is 11.8 Å². The maximum atomic E-state index is 13.2. The van der Waals surface area contributed by atoms with Crippen LogP contribution in [0.2, 0.25) is 0 Å². The van der Waals surface area contributed by atoms with Crippen molar-refractivity contribution in [3.63, 3.8) is 0 Å². The van der Waals surface area contributed by atoms with Crippen LogP contribution in [0.3, 0.4) is 0 Å². The molecule has 1 aliphatic carbocycles. The lowest BCUT2D eigenvalue weighted by atomic mass is 9.87. The molecule has 2 heterocycles. The predicted octanol–water partition coefficient (Wildman–Crippen LogP) is 3.66. The summed E-state index contributed by atoms with van der Waals surface area (Å²) in [7, 11) is 0. The van der Waals surface area contributed by atoms with Crippen LogP contribution in [0.1, 0.15) is 62.5 Å². The Morgan fingerprint density at radius 1 is 1.18 bits per heavy atom. The SMILES string of the molecule is CC1(CCC(=O)N2CC(c3ccc(C4(C(F)(F)F)CC4)cc3)C2)CCC(=O)N1. The topological polar surface area (TPSA) is 49.4 Å². The molecule has 0 spiro atoms. The minimum atomic E-state index is -4.19. The highest BCUT2D eigenvalue weighted by atomic mass is 19.4. The van der Waals surface area contributed by atoms with Crippen molar-refractivity contribution in [2.24, 2.45) is 0 Å². The molecule has 0 radical (unpaired) electrons. The van der Waals surface area contributed by atoms with Crippen LogP contribution in [0.15, 0.2) is 24.3 Å². The fourth-order valence-corrected chi connectivity index (χ4v) is 4.41. The van der Waals surface area contributed by atoms with Crippen molar-refractivity contribution >= 4 is 11.8 Å². The molecule has 3 aliphatic rings. The Bertz CT molecular complexity index is 780. The number of nitrogens with one attached hydrogen (secondary N) is 1. The molecule has 0 bridgehead atoms. The lowest BCUT2D eigenvalue weighted by molar-refractivity contribution is -0.160. The van der Waals surface area contributed by atoms with Crippen LogP contribution in [-0.2, 0) is 15.0 Å². The molecule has 1 saturated carbocycles. The van der Waals surface area contributed by atoms with Crippen LogP contribution < -0.4 is 5.32 Å². The molecule has 1 N–H and O–H groups in total. The smallest absolute Gasteiger partial charge is 0.351 e. The molecular formula is C21H25F3N2O2. The van der Waals surface area contributed by atoms with Crippen LogP contribution in [0.4, 0.5) is 13.2 Å². The van der Waals surface area contributed by atoms with Gasteiger partial charge >= 0.3 is 6.18 Å². The van der Waals surface area contributed by atoms with Crippen molar-refractivity contribution < 1.29 is 22.8 Å². The summed E-state index contributed by atoms with van der Waals surface area (Å²) in [6, 6.07) is 6.76. The average molecular weight is 394 g/mol. The second kappa shape index (κ2) is 6.49. The van der Waals surface area contributed by atoms with E-state index in [0.717, 1.165) is 12.0 Å². The number of likely N-dealkylation sites (tertiary alicyclic amines) is 1. The largest absolute Gasteiger partial charge is 0.398 e. The Hall–Kier alpha value is -2.05. The van der Waals surface area contributed by atoms with Gasteiger partial charge in [0, 0.05) is 37.4 Å². The number of rotatable bonds is 5. The summed E-state index contributed by atoms with van der Waals surface area (Å²) in [6.07, 6.45) is -1.55. The molecule has 0 aromatic heterocycles. The van der Waals surface area contributed by atoms with E-state index in [0.29, 0.717) is 37.9 Å². The standard InChI is InChI=1S/C21H25F3N2O2/c1-19(8-6-17(27)25-19)9-7-18(28)26-12-15(13-26)14-2-4-16(5-3-14)20(10-11-20)21(22,23)24/h2-5,15H,6-13H2,1H3,(H,25,27). The summed E-state index contributed by atoms with van der Waals surface area (Å²) in [4.78, 5) is 25.5. The quantitative estimate of drug-likeness (QED) is 0.829. The summed E-state index contributed by atoms with van der Waals surface area (Å²) < 4.78 is 39.7. The maximum Gasteiger partial charge on any atom is 0.398 e. The Labute approximate surface area is 162 Å². The number of nitrogens with zero attached hydrogens (tertiary/aromatic N) is 1. The zero-order valence-electron chi connectivity index (χ0n) is 15.9. The van der Waals surface area contributed by atoms with Gasteiger partial charge in [-0.05, 0) is 43.7 Å². The van der Waals surface area contributed by atoms with Gasteiger partial charge in [-0.3, -0.25) is 9.59 Å². The summed E-state index contributed by atoms with van der Waals surface area (Å²) >= 11 is 0. The van der Waals surface area contributed by atoms with Crippen LogP contribution in [-0.4, -0.2) is 41.5 Å². The lowest BCUT2D eigenvalue weighted by Crippen LogP contribution is -2.49. The van der Waals surface area contributed by atoms with E-state index in [4.69, 9.17) is 0 Å². The highest BCUT2D eigenvalue weighted by molar-refractivity contribution is 5.80. The highest BCUT2D eigenvalue weighted by Crippen LogP contribution is 2.58. The summed E-state index contributed by atoms with van der Waals surface area (Å²) in [5, 5.41) is 2.94. The molecule has 152 valence electrons. The molecule has 4 rings (SSSR count). The van der Waals surface area contributed by atoms with Gasteiger partial charge in [0.15, 0.2) is 0 Å². The third-order valence-corrected chi connectivity index (χ3v) is 6.70. The first-order chi connectivity index (χ1) is 13.1. The second-order valence-electron chi connectivity index (χ2n) is 8.81. The van der Waals surface area contributed by atoms with Crippen molar-refractivity contribution in [3.05, 3.63) is 35.4 Å². The van der Waals surface area contributed by atoms with Crippen LogP contribution in [0.5, 0.6) is 0 Å². The Kier molecular flexibility index (Phi) is 4.47. The van der Waals surface area contributed by atoms with Gasteiger partial charge in [-0.1, -0.05) is 24.3 Å². The van der Waals surface area contributed by atoms with Gasteiger partial charge in [0.05, 0.1) is 5.41 Å². The minimum Gasteiger partial charge on any atom is -0.351 e. The number of benzene rings is 1. The van der Waals surface area contributed by atoms with Crippen LogP contribution >= 0.6 is 0 Å². The Morgan fingerprint density at radius 3 is 2.32 bits per heavy atom. The van der Waals surface area contributed by atoms with Crippen LogP contribution in [0.25, 0.3) is 0 Å². The third-order valence-electron chi connectivity index (χ3n) is 6.70. The molecule has 1 aromatic rings. The first kappa shape index (κ1) is 19.3. The number of carbonyl (C=O) groups excluding carboxylic acids is 2. The van der Waals surface area contributed by atoms with E-state index in [1.807, 2.05) is 6.92 Å². The number of hydrogen-bond donors (Lipinski definition) is 1. The lowest BCUT2D eigenvalue weighted by Gasteiger charge is -2.40. The summed E-state index contributed by atoms with van der Waals surface area (Å²) in [5.41, 5.74) is -0.591. The molecule has 1 unspecified atom stereocenters. The molecular weight excluding hydrogens is 369 g/mol. The second-order valence-corrected chi connectivity index (χ2v) is 8.81. The van der Waals surface area contributed by atoms with Crippen molar-refractivity contribution in [1.29, 1.82) is 0 Å². The number of amides is 2. The summed E-state index contributed by atoms with van der Waals surface area (Å²) in [5.74, 6) is 0.297. The Morgan fingerprint density at radius 2 is 1.82 bits per heavy atom.